The van der Waals surface area contributed by atoms with Gasteiger partial charge in [-0.2, -0.15) is 0 Å². The fraction of sp³-hybridized carbons (Fsp3) is 0.538. The standard InChI is InChI=1S/C13H18F2O2/c1-13(2,3)12(17-4)11(16)8-5-6-9(14)10(15)7-8/h5-7,11-12,16H,1-4H3. The fourth-order valence-corrected chi connectivity index (χ4v) is 1.83. The quantitative estimate of drug-likeness (QED) is 0.885. The second-order valence-electron chi connectivity index (χ2n) is 5.14. The molecule has 2 nitrogen and oxygen atoms in total. The number of benzene rings is 1. The number of ether oxygens (including phenoxy) is 1. The van der Waals surface area contributed by atoms with Gasteiger partial charge in [0, 0.05) is 7.11 Å². The Balaban J connectivity index is 3.02. The summed E-state index contributed by atoms with van der Waals surface area (Å²) in [6.45, 7) is 5.72. The molecule has 1 N–H and O–H groups in total. The lowest BCUT2D eigenvalue weighted by Crippen LogP contribution is -2.34. The predicted molar refractivity (Wildman–Crippen MR) is 61.6 cm³/mol. The lowest BCUT2D eigenvalue weighted by atomic mass is 9.83. The molecular weight excluding hydrogens is 226 g/mol. The minimum absolute atomic E-state index is 0.307. The fourth-order valence-electron chi connectivity index (χ4n) is 1.83. The maximum atomic E-state index is 13.1. The van der Waals surface area contributed by atoms with Crippen LogP contribution in [-0.2, 0) is 4.74 Å². The smallest absolute Gasteiger partial charge is 0.159 e. The second-order valence-corrected chi connectivity index (χ2v) is 5.14. The first-order valence-electron chi connectivity index (χ1n) is 5.43. The highest BCUT2D eigenvalue weighted by Gasteiger charge is 2.32. The van der Waals surface area contributed by atoms with Gasteiger partial charge in [0.15, 0.2) is 11.6 Å². The molecule has 96 valence electrons. The van der Waals surface area contributed by atoms with Gasteiger partial charge < -0.3 is 9.84 Å². The molecule has 0 aliphatic rings. The third-order valence-electron chi connectivity index (χ3n) is 2.68. The monoisotopic (exact) mass is 244 g/mol. The molecule has 0 fully saturated rings. The maximum Gasteiger partial charge on any atom is 0.159 e. The van der Waals surface area contributed by atoms with Crippen molar-refractivity contribution >= 4 is 0 Å². The number of halogens is 2. The molecule has 2 atom stereocenters. The van der Waals surface area contributed by atoms with E-state index in [1.165, 1.54) is 13.2 Å². The van der Waals surface area contributed by atoms with Gasteiger partial charge in [0.2, 0.25) is 0 Å². The van der Waals surface area contributed by atoms with Gasteiger partial charge in [-0.15, -0.1) is 0 Å². The van der Waals surface area contributed by atoms with Crippen molar-refractivity contribution in [3.05, 3.63) is 35.4 Å². The Hall–Kier alpha value is -1.00. The van der Waals surface area contributed by atoms with E-state index in [9.17, 15) is 13.9 Å². The molecule has 0 aromatic heterocycles. The number of hydrogen-bond acceptors (Lipinski definition) is 2. The summed E-state index contributed by atoms with van der Waals surface area (Å²) in [6, 6.07) is 3.36. The van der Waals surface area contributed by atoms with Gasteiger partial charge in [-0.05, 0) is 23.1 Å². The van der Waals surface area contributed by atoms with E-state index in [-0.39, 0.29) is 5.41 Å². The zero-order valence-corrected chi connectivity index (χ0v) is 10.5. The highest BCUT2D eigenvalue weighted by atomic mass is 19.2. The molecule has 1 aromatic rings. The molecule has 0 saturated heterocycles. The van der Waals surface area contributed by atoms with Gasteiger partial charge in [-0.1, -0.05) is 26.8 Å². The first-order chi connectivity index (χ1) is 7.77. The van der Waals surface area contributed by atoms with Crippen molar-refractivity contribution in [2.45, 2.75) is 33.0 Å². The number of aliphatic hydroxyl groups is 1. The first kappa shape index (κ1) is 14.1. The molecule has 0 aliphatic carbocycles. The third kappa shape index (κ3) is 3.23. The Bertz CT molecular complexity index is 385. The third-order valence-corrected chi connectivity index (χ3v) is 2.68. The Morgan fingerprint density at radius 3 is 2.18 bits per heavy atom. The van der Waals surface area contributed by atoms with Crippen molar-refractivity contribution in [1.29, 1.82) is 0 Å². The van der Waals surface area contributed by atoms with Crippen LogP contribution in [0.4, 0.5) is 8.78 Å². The van der Waals surface area contributed by atoms with Crippen molar-refractivity contribution in [1.82, 2.24) is 0 Å². The van der Waals surface area contributed by atoms with Crippen LogP contribution in [0.5, 0.6) is 0 Å². The Morgan fingerprint density at radius 1 is 1.18 bits per heavy atom. The lowest BCUT2D eigenvalue weighted by molar-refractivity contribution is -0.0725. The van der Waals surface area contributed by atoms with E-state index in [2.05, 4.69) is 0 Å². The van der Waals surface area contributed by atoms with Crippen LogP contribution >= 0.6 is 0 Å². The van der Waals surface area contributed by atoms with Crippen molar-refractivity contribution in [3.63, 3.8) is 0 Å². The van der Waals surface area contributed by atoms with Crippen LogP contribution in [0.2, 0.25) is 0 Å². The van der Waals surface area contributed by atoms with E-state index in [1.807, 2.05) is 20.8 Å². The van der Waals surface area contributed by atoms with Crippen LogP contribution in [-0.4, -0.2) is 18.3 Å². The van der Waals surface area contributed by atoms with Crippen LogP contribution in [0.15, 0.2) is 18.2 Å². The van der Waals surface area contributed by atoms with Crippen molar-refractivity contribution < 1.29 is 18.6 Å². The van der Waals surface area contributed by atoms with Gasteiger partial charge in [0.25, 0.3) is 0 Å². The Morgan fingerprint density at radius 2 is 1.76 bits per heavy atom. The number of hydrogen-bond donors (Lipinski definition) is 1. The highest BCUT2D eigenvalue weighted by Crippen LogP contribution is 2.32. The van der Waals surface area contributed by atoms with E-state index in [0.29, 0.717) is 5.56 Å². The summed E-state index contributed by atoms with van der Waals surface area (Å²) < 4.78 is 31.1. The molecule has 1 aromatic carbocycles. The summed E-state index contributed by atoms with van der Waals surface area (Å²) in [5.41, 5.74) is 0.00429. The van der Waals surface area contributed by atoms with E-state index in [4.69, 9.17) is 4.74 Å². The molecule has 0 heterocycles. The Labute approximate surface area is 100 Å². The van der Waals surface area contributed by atoms with Crippen LogP contribution in [0.25, 0.3) is 0 Å². The topological polar surface area (TPSA) is 29.5 Å². The van der Waals surface area contributed by atoms with E-state index >= 15 is 0 Å². The van der Waals surface area contributed by atoms with Crippen molar-refractivity contribution in [2.24, 2.45) is 5.41 Å². The molecule has 1 rings (SSSR count). The summed E-state index contributed by atoms with van der Waals surface area (Å²) >= 11 is 0. The molecule has 2 unspecified atom stereocenters. The molecule has 0 aliphatic heterocycles. The molecule has 4 heteroatoms. The average molecular weight is 244 g/mol. The molecular formula is C13H18F2O2. The summed E-state index contributed by atoms with van der Waals surface area (Å²) in [4.78, 5) is 0. The summed E-state index contributed by atoms with van der Waals surface area (Å²) in [6.07, 6.45) is -1.48. The summed E-state index contributed by atoms with van der Waals surface area (Å²) in [7, 11) is 1.49. The average Bonchev–Trinajstić information content (AvgIpc) is 2.20. The number of aliphatic hydroxyl groups excluding tert-OH is 1. The minimum Gasteiger partial charge on any atom is -0.386 e. The largest absolute Gasteiger partial charge is 0.386 e. The van der Waals surface area contributed by atoms with Crippen LogP contribution in [0, 0.1) is 17.0 Å². The van der Waals surface area contributed by atoms with Gasteiger partial charge in [-0.3, -0.25) is 0 Å². The van der Waals surface area contributed by atoms with Crippen molar-refractivity contribution in [3.8, 4) is 0 Å². The van der Waals surface area contributed by atoms with Gasteiger partial charge >= 0.3 is 0 Å². The second kappa shape index (κ2) is 5.10. The molecule has 0 radical (unpaired) electrons. The molecule has 17 heavy (non-hydrogen) atoms. The Kier molecular flexibility index (Phi) is 4.22. The predicted octanol–water partition coefficient (Wildman–Crippen LogP) is 3.06. The van der Waals surface area contributed by atoms with E-state index < -0.39 is 23.8 Å². The lowest BCUT2D eigenvalue weighted by Gasteiger charge is -2.33. The zero-order valence-electron chi connectivity index (χ0n) is 10.5. The molecule has 0 bridgehead atoms. The number of rotatable bonds is 3. The SMILES string of the molecule is COC(C(O)c1ccc(F)c(F)c1)C(C)(C)C. The summed E-state index contributed by atoms with van der Waals surface area (Å²) in [5, 5.41) is 10.1. The van der Waals surface area contributed by atoms with E-state index in [0.717, 1.165) is 12.1 Å². The van der Waals surface area contributed by atoms with Crippen LogP contribution in [0.3, 0.4) is 0 Å². The number of methoxy groups -OCH3 is 1. The maximum absolute atomic E-state index is 13.1. The highest BCUT2D eigenvalue weighted by molar-refractivity contribution is 5.21. The summed E-state index contributed by atoms with van der Waals surface area (Å²) in [5.74, 6) is -1.89. The van der Waals surface area contributed by atoms with Gasteiger partial charge in [-0.25, -0.2) is 8.78 Å². The van der Waals surface area contributed by atoms with Crippen LogP contribution < -0.4 is 0 Å². The van der Waals surface area contributed by atoms with E-state index in [1.54, 1.807) is 0 Å². The molecule has 0 saturated carbocycles. The normalized spacial score (nSPS) is 15.7. The van der Waals surface area contributed by atoms with Gasteiger partial charge in [0.1, 0.15) is 6.10 Å². The van der Waals surface area contributed by atoms with Gasteiger partial charge in [0.05, 0.1) is 6.10 Å². The first-order valence-corrected chi connectivity index (χ1v) is 5.43. The minimum atomic E-state index is -0.991. The molecule has 0 amide bonds. The van der Waals surface area contributed by atoms with Crippen LogP contribution in [0.1, 0.15) is 32.4 Å². The van der Waals surface area contributed by atoms with Crippen molar-refractivity contribution in [2.75, 3.05) is 7.11 Å². The molecule has 0 spiro atoms. The zero-order chi connectivity index (χ0) is 13.2.